The number of amides is 1. The molecule has 0 bridgehead atoms. The molecule has 1 amide bonds. The van der Waals surface area contributed by atoms with Crippen LogP contribution in [-0.4, -0.2) is 12.5 Å². The number of anilines is 1. The third kappa shape index (κ3) is 4.37. The lowest BCUT2D eigenvalue weighted by Crippen LogP contribution is -2.30. The van der Waals surface area contributed by atoms with Gasteiger partial charge in [0.2, 0.25) is 5.91 Å². The highest BCUT2D eigenvalue weighted by Crippen LogP contribution is 2.21. The third-order valence-corrected chi connectivity index (χ3v) is 3.78. The van der Waals surface area contributed by atoms with Crippen LogP contribution in [0.2, 0.25) is 0 Å². The van der Waals surface area contributed by atoms with Crippen molar-refractivity contribution in [1.29, 1.82) is 0 Å². The van der Waals surface area contributed by atoms with Gasteiger partial charge in [0.25, 0.3) is 0 Å². The van der Waals surface area contributed by atoms with Crippen molar-refractivity contribution in [2.45, 2.75) is 13.0 Å². The van der Waals surface area contributed by atoms with Crippen LogP contribution in [-0.2, 0) is 4.79 Å². The molecule has 110 valence electrons. The number of para-hydroxylation sites is 1. The van der Waals surface area contributed by atoms with Gasteiger partial charge in [-0.25, -0.2) is 4.39 Å². The Kier molecular flexibility index (Phi) is 5.47. The first-order valence-electron chi connectivity index (χ1n) is 6.60. The van der Waals surface area contributed by atoms with E-state index in [0.717, 1.165) is 4.47 Å². The molecule has 0 unspecified atom stereocenters. The van der Waals surface area contributed by atoms with Crippen molar-refractivity contribution in [3.05, 3.63) is 64.4 Å². The van der Waals surface area contributed by atoms with Gasteiger partial charge in [0.15, 0.2) is 0 Å². The number of halogens is 2. The Morgan fingerprint density at radius 2 is 1.86 bits per heavy atom. The van der Waals surface area contributed by atoms with Gasteiger partial charge in [0.05, 0.1) is 12.2 Å². The maximum Gasteiger partial charge on any atom is 0.238 e. The number of carbonyl (C=O) groups excluding carboxylic acids is 1. The number of carbonyl (C=O) groups is 1. The second kappa shape index (κ2) is 7.33. The molecule has 0 aliphatic carbocycles. The number of nitrogens with one attached hydrogen (secondary N) is 2. The van der Waals surface area contributed by atoms with E-state index in [1.165, 1.54) is 6.07 Å². The first-order valence-corrected chi connectivity index (χ1v) is 7.39. The lowest BCUT2D eigenvalue weighted by molar-refractivity contribution is -0.115. The minimum absolute atomic E-state index is 0.108. The third-order valence-electron chi connectivity index (χ3n) is 3.09. The zero-order chi connectivity index (χ0) is 15.2. The Labute approximate surface area is 131 Å². The van der Waals surface area contributed by atoms with Crippen LogP contribution in [0.1, 0.15) is 18.5 Å². The molecule has 0 aliphatic heterocycles. The Bertz CT molecular complexity index is 633. The van der Waals surface area contributed by atoms with Crippen LogP contribution in [0.15, 0.2) is 53.0 Å². The first-order chi connectivity index (χ1) is 10.1. The quantitative estimate of drug-likeness (QED) is 0.859. The second-order valence-electron chi connectivity index (χ2n) is 4.65. The highest BCUT2D eigenvalue weighted by Gasteiger charge is 2.11. The van der Waals surface area contributed by atoms with E-state index < -0.39 is 0 Å². The summed E-state index contributed by atoms with van der Waals surface area (Å²) in [7, 11) is 0. The molecule has 0 aromatic heterocycles. The lowest BCUT2D eigenvalue weighted by atomic mass is 10.1. The maximum atomic E-state index is 13.6. The van der Waals surface area contributed by atoms with Gasteiger partial charge in [-0.1, -0.05) is 30.3 Å². The summed E-state index contributed by atoms with van der Waals surface area (Å²) in [5.41, 5.74) is 1.26. The van der Waals surface area contributed by atoms with Gasteiger partial charge in [0, 0.05) is 16.1 Å². The molecule has 2 N–H and O–H groups in total. The summed E-state index contributed by atoms with van der Waals surface area (Å²) in [5.74, 6) is -0.450. The van der Waals surface area contributed by atoms with E-state index in [1.54, 1.807) is 18.2 Å². The lowest BCUT2D eigenvalue weighted by Gasteiger charge is -2.15. The zero-order valence-corrected chi connectivity index (χ0v) is 13.2. The van der Waals surface area contributed by atoms with Crippen molar-refractivity contribution in [3.63, 3.8) is 0 Å². The average Bonchev–Trinajstić information content (AvgIpc) is 2.48. The van der Waals surface area contributed by atoms with Crippen LogP contribution in [0, 0.1) is 5.82 Å². The van der Waals surface area contributed by atoms with Gasteiger partial charge >= 0.3 is 0 Å². The molecule has 0 saturated heterocycles. The molecule has 2 aromatic rings. The standard InChI is InChI=1S/C16H16BrFN2O/c1-11(12-6-2-4-8-14(12)18)19-10-16(21)20-15-9-5-3-7-13(15)17/h2-9,11,19H,10H2,1H3,(H,20,21)/t11-/m1/s1. The Balaban J connectivity index is 1.90. The molecule has 0 heterocycles. The summed E-state index contributed by atoms with van der Waals surface area (Å²) < 4.78 is 14.4. The van der Waals surface area contributed by atoms with Crippen LogP contribution in [0.4, 0.5) is 10.1 Å². The first kappa shape index (κ1) is 15.7. The zero-order valence-electron chi connectivity index (χ0n) is 11.6. The SMILES string of the molecule is C[C@@H](NCC(=O)Nc1ccccc1Br)c1ccccc1F. The number of hydrogen-bond acceptors (Lipinski definition) is 2. The highest BCUT2D eigenvalue weighted by atomic mass is 79.9. The molecule has 0 radical (unpaired) electrons. The summed E-state index contributed by atoms with van der Waals surface area (Å²) in [4.78, 5) is 11.9. The summed E-state index contributed by atoms with van der Waals surface area (Å²) in [6, 6.07) is 13.7. The van der Waals surface area contributed by atoms with Crippen LogP contribution >= 0.6 is 15.9 Å². The van der Waals surface area contributed by atoms with Gasteiger partial charge in [-0.2, -0.15) is 0 Å². The molecule has 21 heavy (non-hydrogen) atoms. The van der Waals surface area contributed by atoms with E-state index in [4.69, 9.17) is 0 Å². The van der Waals surface area contributed by atoms with Crippen LogP contribution in [0.3, 0.4) is 0 Å². The van der Waals surface area contributed by atoms with Gasteiger partial charge in [-0.05, 0) is 41.1 Å². The van der Waals surface area contributed by atoms with Crippen molar-refractivity contribution in [3.8, 4) is 0 Å². The van der Waals surface area contributed by atoms with Gasteiger partial charge in [0.1, 0.15) is 5.82 Å². The van der Waals surface area contributed by atoms with E-state index >= 15 is 0 Å². The molecule has 0 fully saturated rings. The molecule has 2 rings (SSSR count). The van der Waals surface area contributed by atoms with E-state index in [1.807, 2.05) is 31.2 Å². The van der Waals surface area contributed by atoms with Crippen molar-refractivity contribution in [2.24, 2.45) is 0 Å². The largest absolute Gasteiger partial charge is 0.324 e. The molecule has 3 nitrogen and oxygen atoms in total. The molecular formula is C16H16BrFN2O. The fourth-order valence-electron chi connectivity index (χ4n) is 1.94. The van der Waals surface area contributed by atoms with Crippen LogP contribution < -0.4 is 10.6 Å². The predicted octanol–water partition coefficient (Wildman–Crippen LogP) is 3.88. The molecule has 2 aromatic carbocycles. The van der Waals surface area contributed by atoms with Crippen molar-refractivity contribution in [2.75, 3.05) is 11.9 Å². The fraction of sp³-hybridized carbons (Fsp3) is 0.188. The Morgan fingerprint density at radius 1 is 1.19 bits per heavy atom. The highest BCUT2D eigenvalue weighted by molar-refractivity contribution is 9.10. The predicted molar refractivity (Wildman–Crippen MR) is 85.6 cm³/mol. The van der Waals surface area contributed by atoms with Gasteiger partial charge in [-0.15, -0.1) is 0 Å². The molecular weight excluding hydrogens is 335 g/mol. The molecule has 5 heteroatoms. The topological polar surface area (TPSA) is 41.1 Å². The summed E-state index contributed by atoms with van der Waals surface area (Å²) in [6.07, 6.45) is 0. The normalized spacial score (nSPS) is 12.0. The number of hydrogen-bond donors (Lipinski definition) is 2. The maximum absolute atomic E-state index is 13.6. The van der Waals surface area contributed by atoms with Crippen LogP contribution in [0.5, 0.6) is 0 Å². The summed E-state index contributed by atoms with van der Waals surface area (Å²) >= 11 is 3.37. The minimum atomic E-state index is -0.274. The summed E-state index contributed by atoms with van der Waals surface area (Å²) in [5, 5.41) is 5.80. The molecule has 0 saturated carbocycles. The number of rotatable bonds is 5. The van der Waals surface area contributed by atoms with E-state index in [9.17, 15) is 9.18 Å². The second-order valence-corrected chi connectivity index (χ2v) is 5.51. The van der Waals surface area contributed by atoms with Crippen molar-refractivity contribution < 1.29 is 9.18 Å². The van der Waals surface area contributed by atoms with Crippen molar-refractivity contribution in [1.82, 2.24) is 5.32 Å². The van der Waals surface area contributed by atoms with E-state index in [2.05, 4.69) is 26.6 Å². The molecule has 1 atom stereocenters. The average molecular weight is 351 g/mol. The van der Waals surface area contributed by atoms with Crippen LogP contribution in [0.25, 0.3) is 0 Å². The van der Waals surface area contributed by atoms with E-state index in [-0.39, 0.29) is 24.3 Å². The summed E-state index contributed by atoms with van der Waals surface area (Å²) in [6.45, 7) is 1.93. The van der Waals surface area contributed by atoms with Gasteiger partial charge in [-0.3, -0.25) is 4.79 Å². The number of benzene rings is 2. The monoisotopic (exact) mass is 350 g/mol. The van der Waals surface area contributed by atoms with Crippen molar-refractivity contribution >= 4 is 27.5 Å². The fourth-order valence-corrected chi connectivity index (χ4v) is 2.32. The molecule has 0 spiro atoms. The molecule has 0 aliphatic rings. The Hall–Kier alpha value is -1.72. The minimum Gasteiger partial charge on any atom is -0.324 e. The van der Waals surface area contributed by atoms with Gasteiger partial charge < -0.3 is 10.6 Å². The Morgan fingerprint density at radius 3 is 2.57 bits per heavy atom. The smallest absolute Gasteiger partial charge is 0.238 e. The van der Waals surface area contributed by atoms with E-state index in [0.29, 0.717) is 11.3 Å².